The van der Waals surface area contributed by atoms with E-state index in [1.165, 1.54) is 11.3 Å². The number of aliphatic hydroxyl groups is 1. The van der Waals surface area contributed by atoms with Crippen LogP contribution in [0.4, 0.5) is 0 Å². The quantitative estimate of drug-likeness (QED) is 0.936. The molecule has 3 heterocycles. The van der Waals surface area contributed by atoms with E-state index in [-0.39, 0.29) is 24.4 Å². The average molecular weight is 307 g/mol. The molecule has 1 N–H and O–H groups in total. The van der Waals surface area contributed by atoms with Crippen molar-refractivity contribution in [3.8, 4) is 10.7 Å². The van der Waals surface area contributed by atoms with Gasteiger partial charge in [-0.25, -0.2) is 0 Å². The molecule has 0 aliphatic carbocycles. The van der Waals surface area contributed by atoms with Gasteiger partial charge in [0, 0.05) is 19.2 Å². The lowest BCUT2D eigenvalue weighted by Crippen LogP contribution is -2.44. The van der Waals surface area contributed by atoms with Crippen molar-refractivity contribution in [1.29, 1.82) is 0 Å². The summed E-state index contributed by atoms with van der Waals surface area (Å²) in [5.41, 5.74) is 0. The van der Waals surface area contributed by atoms with Crippen LogP contribution in [0.1, 0.15) is 36.4 Å². The summed E-state index contributed by atoms with van der Waals surface area (Å²) in [7, 11) is 0. The number of nitrogens with zero attached hydrogens (tertiary/aromatic N) is 3. The predicted octanol–water partition coefficient (Wildman–Crippen LogP) is 2.18. The van der Waals surface area contributed by atoms with Gasteiger partial charge in [0.05, 0.1) is 4.88 Å². The Kier molecular flexibility index (Phi) is 4.31. The molecule has 7 heteroatoms. The van der Waals surface area contributed by atoms with Gasteiger partial charge in [0.15, 0.2) is 0 Å². The Morgan fingerprint density at radius 3 is 3.19 bits per heavy atom. The van der Waals surface area contributed by atoms with Gasteiger partial charge < -0.3 is 14.5 Å². The van der Waals surface area contributed by atoms with Crippen LogP contribution in [0.2, 0.25) is 0 Å². The second kappa shape index (κ2) is 6.36. The van der Waals surface area contributed by atoms with Gasteiger partial charge in [-0.1, -0.05) is 11.2 Å². The van der Waals surface area contributed by atoms with Crippen LogP contribution in [0.15, 0.2) is 22.0 Å². The normalized spacial score (nSPS) is 18.9. The van der Waals surface area contributed by atoms with Crippen LogP contribution in [-0.4, -0.2) is 45.2 Å². The van der Waals surface area contributed by atoms with Gasteiger partial charge in [-0.05, 0) is 37.1 Å². The summed E-state index contributed by atoms with van der Waals surface area (Å²) >= 11 is 1.50. The standard InChI is InChI=1S/C14H17N3O3S/c18-8-6-10-4-1-2-7-17(10)14(19)13-15-12(16-20-13)11-5-3-9-21-11/h3,5,9-10,18H,1-2,4,6-8H2/t10-/m0/s1. The first-order valence-corrected chi connectivity index (χ1v) is 7.97. The SMILES string of the molecule is O=C(c1nc(-c2cccs2)no1)N1CCCC[C@H]1CCO. The number of aliphatic hydroxyl groups excluding tert-OH is 1. The molecule has 0 radical (unpaired) electrons. The molecule has 1 aliphatic heterocycles. The minimum atomic E-state index is -0.233. The highest BCUT2D eigenvalue weighted by atomic mass is 32.1. The fourth-order valence-electron chi connectivity index (χ4n) is 2.66. The zero-order valence-corrected chi connectivity index (χ0v) is 12.4. The molecule has 0 bridgehead atoms. The average Bonchev–Trinajstić information content (AvgIpc) is 3.18. The molecule has 0 aromatic carbocycles. The van der Waals surface area contributed by atoms with Gasteiger partial charge in [-0.15, -0.1) is 11.3 Å². The Balaban J connectivity index is 1.77. The van der Waals surface area contributed by atoms with Crippen LogP contribution < -0.4 is 0 Å². The lowest BCUT2D eigenvalue weighted by molar-refractivity contribution is 0.0525. The van der Waals surface area contributed by atoms with Crippen molar-refractivity contribution in [2.24, 2.45) is 0 Å². The second-order valence-corrected chi connectivity index (χ2v) is 6.01. The van der Waals surface area contributed by atoms with E-state index >= 15 is 0 Å². The highest BCUT2D eigenvalue weighted by Gasteiger charge is 2.30. The molecule has 2 aromatic rings. The maximum absolute atomic E-state index is 12.5. The summed E-state index contributed by atoms with van der Waals surface area (Å²) in [4.78, 5) is 19.4. The van der Waals surface area contributed by atoms with Gasteiger partial charge in [-0.3, -0.25) is 4.79 Å². The third kappa shape index (κ3) is 2.98. The maximum atomic E-state index is 12.5. The van der Waals surface area contributed by atoms with Crippen molar-refractivity contribution in [3.05, 3.63) is 23.4 Å². The monoisotopic (exact) mass is 307 g/mol. The van der Waals surface area contributed by atoms with Crippen molar-refractivity contribution in [2.45, 2.75) is 31.7 Å². The molecule has 0 unspecified atom stereocenters. The van der Waals surface area contributed by atoms with Crippen molar-refractivity contribution in [1.82, 2.24) is 15.0 Å². The highest BCUT2D eigenvalue weighted by Crippen LogP contribution is 2.24. The van der Waals surface area contributed by atoms with Crippen molar-refractivity contribution in [2.75, 3.05) is 13.2 Å². The van der Waals surface area contributed by atoms with E-state index in [9.17, 15) is 4.79 Å². The van der Waals surface area contributed by atoms with Crippen LogP contribution >= 0.6 is 11.3 Å². The number of carbonyl (C=O) groups is 1. The van der Waals surface area contributed by atoms with Gasteiger partial charge in [0.2, 0.25) is 5.82 Å². The van der Waals surface area contributed by atoms with E-state index in [0.29, 0.717) is 18.8 Å². The van der Waals surface area contributed by atoms with E-state index in [1.54, 1.807) is 4.90 Å². The zero-order chi connectivity index (χ0) is 14.7. The number of hydrogen-bond donors (Lipinski definition) is 1. The molecule has 6 nitrogen and oxygen atoms in total. The highest BCUT2D eigenvalue weighted by molar-refractivity contribution is 7.13. The molecule has 112 valence electrons. The van der Waals surface area contributed by atoms with Gasteiger partial charge >= 0.3 is 11.8 Å². The number of thiophene rings is 1. The van der Waals surface area contributed by atoms with Crippen molar-refractivity contribution >= 4 is 17.2 Å². The van der Waals surface area contributed by atoms with Crippen LogP contribution in [-0.2, 0) is 0 Å². The number of rotatable bonds is 4. The largest absolute Gasteiger partial charge is 0.396 e. The Hall–Kier alpha value is -1.73. The third-order valence-corrected chi connectivity index (χ3v) is 4.57. The first-order valence-electron chi connectivity index (χ1n) is 7.09. The Morgan fingerprint density at radius 1 is 1.52 bits per heavy atom. The minimum absolute atomic E-state index is 0.0308. The number of piperidine rings is 1. The first kappa shape index (κ1) is 14.2. The molecule has 1 aliphatic rings. The summed E-state index contributed by atoms with van der Waals surface area (Å²) in [6.45, 7) is 0.763. The summed E-state index contributed by atoms with van der Waals surface area (Å²) in [6, 6.07) is 3.85. The fraction of sp³-hybridized carbons (Fsp3) is 0.500. The molecule has 0 saturated carbocycles. The Labute approximate surface area is 126 Å². The minimum Gasteiger partial charge on any atom is -0.396 e. The molecule has 21 heavy (non-hydrogen) atoms. The number of carbonyl (C=O) groups excluding carboxylic acids is 1. The van der Waals surface area contributed by atoms with Gasteiger partial charge in [-0.2, -0.15) is 4.98 Å². The summed E-state index contributed by atoms with van der Waals surface area (Å²) in [5, 5.41) is 14.9. The molecule has 1 fully saturated rings. The molecular formula is C14H17N3O3S. The maximum Gasteiger partial charge on any atom is 0.316 e. The van der Waals surface area contributed by atoms with Crippen molar-refractivity contribution in [3.63, 3.8) is 0 Å². The molecule has 0 spiro atoms. The third-order valence-electron chi connectivity index (χ3n) is 3.70. The second-order valence-electron chi connectivity index (χ2n) is 5.06. The Bertz CT molecular complexity index is 594. The zero-order valence-electron chi connectivity index (χ0n) is 11.6. The molecule has 3 rings (SSSR count). The van der Waals surface area contributed by atoms with E-state index in [2.05, 4.69) is 10.1 Å². The fourth-order valence-corrected chi connectivity index (χ4v) is 3.31. The molecule has 1 amide bonds. The molecule has 1 saturated heterocycles. The summed E-state index contributed by atoms with van der Waals surface area (Å²) in [6.07, 6.45) is 3.56. The van der Waals surface area contributed by atoms with Crippen LogP contribution in [0.3, 0.4) is 0 Å². The lowest BCUT2D eigenvalue weighted by atomic mass is 9.99. The van der Waals surface area contributed by atoms with Crippen molar-refractivity contribution < 1.29 is 14.4 Å². The number of amides is 1. The predicted molar refractivity (Wildman–Crippen MR) is 78.0 cm³/mol. The Morgan fingerprint density at radius 2 is 2.43 bits per heavy atom. The van der Waals surface area contributed by atoms with Gasteiger partial charge in [0.25, 0.3) is 0 Å². The lowest BCUT2D eigenvalue weighted by Gasteiger charge is -2.34. The van der Waals surface area contributed by atoms with Crippen LogP contribution in [0, 0.1) is 0 Å². The molecule has 1 atom stereocenters. The first-order chi connectivity index (χ1) is 10.3. The van der Waals surface area contributed by atoms with E-state index in [0.717, 1.165) is 24.1 Å². The molecular weight excluding hydrogens is 290 g/mol. The van der Waals surface area contributed by atoms with Gasteiger partial charge in [0.1, 0.15) is 0 Å². The van der Waals surface area contributed by atoms with Crippen LogP contribution in [0.25, 0.3) is 10.7 Å². The van der Waals surface area contributed by atoms with E-state index in [4.69, 9.17) is 9.63 Å². The number of likely N-dealkylation sites (tertiary alicyclic amines) is 1. The van der Waals surface area contributed by atoms with E-state index < -0.39 is 0 Å². The summed E-state index contributed by atoms with van der Waals surface area (Å²) < 4.78 is 5.12. The smallest absolute Gasteiger partial charge is 0.316 e. The topological polar surface area (TPSA) is 79.5 Å². The summed E-state index contributed by atoms with van der Waals surface area (Å²) in [5.74, 6) is 0.246. The number of hydrogen-bond acceptors (Lipinski definition) is 6. The number of aromatic nitrogens is 2. The van der Waals surface area contributed by atoms with E-state index in [1.807, 2.05) is 17.5 Å². The molecule has 2 aromatic heterocycles. The van der Waals surface area contributed by atoms with Crippen LogP contribution in [0.5, 0.6) is 0 Å².